The lowest BCUT2D eigenvalue weighted by Gasteiger charge is -2.19. The van der Waals surface area contributed by atoms with Crippen molar-refractivity contribution in [3.05, 3.63) is 23.4 Å². The molecule has 0 bridgehead atoms. The van der Waals surface area contributed by atoms with Crippen molar-refractivity contribution < 1.29 is 0 Å². The summed E-state index contributed by atoms with van der Waals surface area (Å²) in [4.78, 5) is 6.86. The number of anilines is 1. The first kappa shape index (κ1) is 15.3. The fourth-order valence-electron chi connectivity index (χ4n) is 1.85. The van der Waals surface area contributed by atoms with Crippen LogP contribution in [0.25, 0.3) is 0 Å². The van der Waals surface area contributed by atoms with Gasteiger partial charge >= 0.3 is 0 Å². The molecule has 0 atom stereocenters. The van der Waals surface area contributed by atoms with Crippen LogP contribution in [0, 0.1) is 6.92 Å². The molecule has 0 radical (unpaired) electrons. The first-order valence-electron chi connectivity index (χ1n) is 6.55. The van der Waals surface area contributed by atoms with E-state index >= 15 is 0 Å². The molecule has 1 N–H and O–H groups in total. The first-order valence-corrected chi connectivity index (χ1v) is 7.95. The van der Waals surface area contributed by atoms with Gasteiger partial charge < -0.3 is 10.2 Å². The quantitative estimate of drug-likeness (QED) is 0.733. The Kier molecular flexibility index (Phi) is 7.13. The summed E-state index contributed by atoms with van der Waals surface area (Å²) in [6.07, 6.45) is 3.36. The van der Waals surface area contributed by atoms with Gasteiger partial charge in [0.25, 0.3) is 0 Å². The summed E-state index contributed by atoms with van der Waals surface area (Å²) in [5.41, 5.74) is 2.41. The van der Waals surface area contributed by atoms with E-state index in [-0.39, 0.29) is 0 Å². The van der Waals surface area contributed by atoms with Crippen molar-refractivity contribution in [2.45, 2.75) is 26.8 Å². The van der Waals surface area contributed by atoms with Crippen LogP contribution < -0.4 is 10.2 Å². The number of nitrogens with one attached hydrogen (secondary N) is 1. The largest absolute Gasteiger partial charge is 0.360 e. The molecule has 4 heteroatoms. The average Bonchev–Trinajstić information content (AvgIpc) is 2.36. The monoisotopic (exact) mass is 267 g/mol. The summed E-state index contributed by atoms with van der Waals surface area (Å²) < 4.78 is 0. The predicted molar refractivity (Wildman–Crippen MR) is 82.6 cm³/mol. The van der Waals surface area contributed by atoms with E-state index in [1.165, 1.54) is 17.7 Å². The third kappa shape index (κ3) is 5.27. The number of thioether (sulfide) groups is 1. The second-order valence-corrected chi connectivity index (χ2v) is 5.51. The highest BCUT2D eigenvalue weighted by atomic mass is 32.2. The minimum absolute atomic E-state index is 0.922. The zero-order valence-electron chi connectivity index (χ0n) is 12.0. The number of hydrogen-bond acceptors (Lipinski definition) is 4. The molecule has 0 spiro atoms. The Morgan fingerprint density at radius 2 is 2.17 bits per heavy atom. The Labute approximate surface area is 115 Å². The molecular formula is C14H25N3S. The summed E-state index contributed by atoms with van der Waals surface area (Å²) in [5.74, 6) is 2.30. The highest BCUT2D eigenvalue weighted by Gasteiger charge is 2.05. The van der Waals surface area contributed by atoms with Crippen LogP contribution in [0.1, 0.15) is 24.6 Å². The third-order valence-corrected chi connectivity index (χ3v) is 3.51. The van der Waals surface area contributed by atoms with E-state index in [0.29, 0.717) is 0 Å². The van der Waals surface area contributed by atoms with Crippen LogP contribution in [0.4, 0.5) is 5.82 Å². The molecule has 1 aromatic heterocycles. The molecule has 0 aliphatic heterocycles. The zero-order chi connectivity index (χ0) is 13.4. The molecule has 18 heavy (non-hydrogen) atoms. The van der Waals surface area contributed by atoms with Crippen molar-refractivity contribution in [2.75, 3.05) is 37.0 Å². The van der Waals surface area contributed by atoms with E-state index < -0.39 is 0 Å². The predicted octanol–water partition coefficient (Wildman–Crippen LogP) is 2.69. The van der Waals surface area contributed by atoms with E-state index in [1.807, 2.05) is 11.8 Å². The van der Waals surface area contributed by atoms with Crippen molar-refractivity contribution in [2.24, 2.45) is 0 Å². The minimum Gasteiger partial charge on any atom is -0.360 e. The molecule has 0 aliphatic carbocycles. The number of nitrogens with zero attached hydrogens (tertiary/aromatic N) is 2. The molecule has 0 saturated carbocycles. The van der Waals surface area contributed by atoms with E-state index in [2.05, 4.69) is 54.5 Å². The van der Waals surface area contributed by atoms with E-state index in [9.17, 15) is 0 Å². The van der Waals surface area contributed by atoms with Crippen molar-refractivity contribution in [1.29, 1.82) is 0 Å². The standard InChI is InChI=1S/C14H25N3S/c1-5-15-11-13-9-12(2)16-14(10-13)17(3)7-6-8-18-4/h9-10,15H,5-8,11H2,1-4H3. The Hall–Kier alpha value is -0.740. The van der Waals surface area contributed by atoms with Crippen LogP contribution in [0.2, 0.25) is 0 Å². The molecule has 1 rings (SSSR count). The van der Waals surface area contributed by atoms with Gasteiger partial charge in [0.1, 0.15) is 5.82 Å². The SMILES string of the molecule is CCNCc1cc(C)nc(N(C)CCCSC)c1. The van der Waals surface area contributed by atoms with E-state index in [0.717, 1.165) is 31.1 Å². The highest BCUT2D eigenvalue weighted by molar-refractivity contribution is 7.98. The topological polar surface area (TPSA) is 28.2 Å². The Morgan fingerprint density at radius 1 is 1.39 bits per heavy atom. The molecule has 3 nitrogen and oxygen atoms in total. The van der Waals surface area contributed by atoms with Crippen molar-refractivity contribution >= 4 is 17.6 Å². The smallest absolute Gasteiger partial charge is 0.128 e. The number of aromatic nitrogens is 1. The molecule has 0 amide bonds. The lowest BCUT2D eigenvalue weighted by atomic mass is 10.2. The average molecular weight is 267 g/mol. The van der Waals surface area contributed by atoms with Gasteiger partial charge in [-0.05, 0) is 49.6 Å². The second-order valence-electron chi connectivity index (χ2n) is 4.52. The minimum atomic E-state index is 0.922. The van der Waals surface area contributed by atoms with Gasteiger partial charge in [0.2, 0.25) is 0 Å². The van der Waals surface area contributed by atoms with Crippen LogP contribution in [-0.4, -0.2) is 37.1 Å². The van der Waals surface area contributed by atoms with Crippen LogP contribution in [0.3, 0.4) is 0 Å². The van der Waals surface area contributed by atoms with Gasteiger partial charge in [-0.15, -0.1) is 0 Å². The zero-order valence-corrected chi connectivity index (χ0v) is 12.8. The molecule has 0 aromatic carbocycles. The highest BCUT2D eigenvalue weighted by Crippen LogP contribution is 2.14. The van der Waals surface area contributed by atoms with Gasteiger partial charge in [-0.2, -0.15) is 11.8 Å². The third-order valence-electron chi connectivity index (χ3n) is 2.81. The van der Waals surface area contributed by atoms with Gasteiger partial charge in [-0.25, -0.2) is 4.98 Å². The van der Waals surface area contributed by atoms with E-state index in [1.54, 1.807) is 0 Å². The summed E-state index contributed by atoms with van der Waals surface area (Å²) in [6, 6.07) is 4.34. The molecule has 0 unspecified atom stereocenters. The summed E-state index contributed by atoms with van der Waals surface area (Å²) >= 11 is 1.90. The maximum atomic E-state index is 4.61. The van der Waals surface area contributed by atoms with Crippen LogP contribution in [-0.2, 0) is 6.54 Å². The maximum Gasteiger partial charge on any atom is 0.128 e. The molecule has 0 saturated heterocycles. The molecule has 0 fully saturated rings. The van der Waals surface area contributed by atoms with Gasteiger partial charge in [0, 0.05) is 25.8 Å². The van der Waals surface area contributed by atoms with Crippen molar-refractivity contribution in [1.82, 2.24) is 10.3 Å². The van der Waals surface area contributed by atoms with Gasteiger partial charge in [-0.1, -0.05) is 6.92 Å². The molecule has 1 heterocycles. The van der Waals surface area contributed by atoms with Gasteiger partial charge in [0.05, 0.1) is 0 Å². The Balaban J connectivity index is 2.65. The van der Waals surface area contributed by atoms with E-state index in [4.69, 9.17) is 0 Å². The van der Waals surface area contributed by atoms with Crippen molar-refractivity contribution in [3.63, 3.8) is 0 Å². The lowest BCUT2D eigenvalue weighted by molar-refractivity contribution is 0.724. The normalized spacial score (nSPS) is 10.7. The lowest BCUT2D eigenvalue weighted by Crippen LogP contribution is -2.21. The van der Waals surface area contributed by atoms with Crippen LogP contribution in [0.5, 0.6) is 0 Å². The number of aryl methyl sites for hydroxylation is 1. The summed E-state index contributed by atoms with van der Waals surface area (Å²) in [5, 5.41) is 3.36. The Bertz CT molecular complexity index is 355. The van der Waals surface area contributed by atoms with Gasteiger partial charge in [-0.3, -0.25) is 0 Å². The molecular weight excluding hydrogens is 242 g/mol. The summed E-state index contributed by atoms with van der Waals surface area (Å²) in [6.45, 7) is 7.18. The molecule has 0 aliphatic rings. The number of rotatable bonds is 8. The summed E-state index contributed by atoms with van der Waals surface area (Å²) in [7, 11) is 2.12. The number of pyridine rings is 1. The molecule has 1 aromatic rings. The second kappa shape index (κ2) is 8.38. The van der Waals surface area contributed by atoms with Crippen molar-refractivity contribution in [3.8, 4) is 0 Å². The Morgan fingerprint density at radius 3 is 2.83 bits per heavy atom. The fourth-order valence-corrected chi connectivity index (χ4v) is 2.27. The van der Waals surface area contributed by atoms with Crippen LogP contribution in [0.15, 0.2) is 12.1 Å². The van der Waals surface area contributed by atoms with Crippen LogP contribution >= 0.6 is 11.8 Å². The first-order chi connectivity index (χ1) is 8.67. The fraction of sp³-hybridized carbons (Fsp3) is 0.643. The maximum absolute atomic E-state index is 4.61. The number of hydrogen-bond donors (Lipinski definition) is 1. The van der Waals surface area contributed by atoms with Gasteiger partial charge in [0.15, 0.2) is 0 Å². The molecule has 102 valence electrons.